The van der Waals surface area contributed by atoms with Crippen molar-refractivity contribution < 1.29 is 8.78 Å². The van der Waals surface area contributed by atoms with E-state index in [-0.39, 0.29) is 5.56 Å². The topological polar surface area (TPSA) is 0 Å². The Bertz CT molecular complexity index is 173. The minimum atomic E-state index is -0.451. The normalized spacial score (nSPS) is 9.88. The van der Waals surface area contributed by atoms with E-state index in [4.69, 9.17) is 0 Å². The first kappa shape index (κ1) is 5.69. The Hall–Kier alpha value is -0.440. The van der Waals surface area contributed by atoms with Crippen molar-refractivity contribution in [2.45, 2.75) is 6.92 Å². The minimum Gasteiger partial charge on any atom is -0.206 e. The second-order valence-corrected chi connectivity index (χ2v) is 2.31. The Morgan fingerprint density at radius 1 is 1.50 bits per heavy atom. The molecule has 44 valence electrons. The first-order chi connectivity index (χ1) is 3.72. The van der Waals surface area contributed by atoms with Crippen LogP contribution in [-0.4, -0.2) is 0 Å². The molecule has 0 atom stereocenters. The average molecular weight is 134 g/mol. The van der Waals surface area contributed by atoms with Crippen molar-refractivity contribution in [2.24, 2.45) is 0 Å². The number of hydrogen-bond acceptors (Lipinski definition) is 1. The molecule has 0 fully saturated rings. The Labute approximate surface area is 49.8 Å². The molecule has 1 heterocycles. The highest BCUT2D eigenvalue weighted by Gasteiger charge is 2.03. The smallest absolute Gasteiger partial charge is 0.182 e. The molecule has 0 spiro atoms. The summed E-state index contributed by atoms with van der Waals surface area (Å²) in [6.45, 7) is 1.42. The second kappa shape index (κ2) is 1.82. The van der Waals surface area contributed by atoms with Crippen molar-refractivity contribution >= 4 is 11.3 Å². The summed E-state index contributed by atoms with van der Waals surface area (Å²) < 4.78 is 24.2. The van der Waals surface area contributed by atoms with Crippen molar-refractivity contribution in [1.82, 2.24) is 0 Å². The molecule has 0 aliphatic heterocycles. The predicted octanol–water partition coefficient (Wildman–Crippen LogP) is 2.33. The standard InChI is InChI=1S/C5H4F2S/c1-3-4(6)2-8-5(3)7/h2H,1H3. The van der Waals surface area contributed by atoms with Gasteiger partial charge >= 0.3 is 0 Å². The molecule has 0 bridgehead atoms. The molecule has 0 amide bonds. The van der Waals surface area contributed by atoms with Crippen molar-refractivity contribution in [3.8, 4) is 0 Å². The summed E-state index contributed by atoms with van der Waals surface area (Å²) >= 11 is 0.789. The van der Waals surface area contributed by atoms with E-state index in [9.17, 15) is 8.78 Å². The van der Waals surface area contributed by atoms with Gasteiger partial charge in [0.05, 0.1) is 0 Å². The van der Waals surface area contributed by atoms with Crippen LogP contribution in [-0.2, 0) is 0 Å². The predicted molar refractivity (Wildman–Crippen MR) is 29.0 cm³/mol. The Kier molecular flexibility index (Phi) is 1.29. The van der Waals surface area contributed by atoms with Gasteiger partial charge in [0.25, 0.3) is 0 Å². The van der Waals surface area contributed by atoms with Gasteiger partial charge < -0.3 is 0 Å². The lowest BCUT2D eigenvalue weighted by atomic mass is 10.4. The second-order valence-electron chi connectivity index (χ2n) is 1.48. The molecule has 0 saturated carbocycles. The molecule has 0 unspecified atom stereocenters. The monoisotopic (exact) mass is 134 g/mol. The van der Waals surface area contributed by atoms with E-state index in [0.29, 0.717) is 0 Å². The van der Waals surface area contributed by atoms with Crippen LogP contribution < -0.4 is 0 Å². The first-order valence-corrected chi connectivity index (χ1v) is 2.99. The van der Waals surface area contributed by atoms with Gasteiger partial charge in [-0.1, -0.05) is 0 Å². The van der Waals surface area contributed by atoms with Gasteiger partial charge in [0.1, 0.15) is 5.82 Å². The molecular weight excluding hydrogens is 130 g/mol. The van der Waals surface area contributed by atoms with Crippen LogP contribution in [0.15, 0.2) is 5.38 Å². The lowest BCUT2D eigenvalue weighted by molar-refractivity contribution is 0.595. The van der Waals surface area contributed by atoms with Crippen LogP contribution in [0.25, 0.3) is 0 Å². The van der Waals surface area contributed by atoms with Crippen LogP contribution >= 0.6 is 11.3 Å². The van der Waals surface area contributed by atoms with Crippen molar-refractivity contribution in [3.05, 3.63) is 21.9 Å². The molecule has 0 aliphatic rings. The summed E-state index contributed by atoms with van der Waals surface area (Å²) in [6, 6.07) is 0. The fourth-order valence-corrected chi connectivity index (χ4v) is 1.03. The number of rotatable bonds is 0. The summed E-state index contributed by atoms with van der Waals surface area (Å²) in [5, 5.41) is 0.729. The van der Waals surface area contributed by atoms with E-state index in [1.807, 2.05) is 0 Å². The summed E-state index contributed by atoms with van der Waals surface area (Å²) in [6.07, 6.45) is 0. The fourth-order valence-electron chi connectivity index (χ4n) is 0.374. The molecule has 0 saturated heterocycles. The minimum absolute atomic E-state index is 0.120. The van der Waals surface area contributed by atoms with Gasteiger partial charge in [0.2, 0.25) is 0 Å². The summed E-state index contributed by atoms with van der Waals surface area (Å²) in [5.74, 6) is -0.451. The van der Waals surface area contributed by atoms with Gasteiger partial charge in [0, 0.05) is 10.9 Å². The number of thiophene rings is 1. The average Bonchev–Trinajstić information content (AvgIpc) is 1.98. The van der Waals surface area contributed by atoms with Crippen LogP contribution in [0.5, 0.6) is 0 Å². The van der Waals surface area contributed by atoms with Crippen molar-refractivity contribution in [1.29, 1.82) is 0 Å². The molecule has 0 radical (unpaired) electrons. The van der Waals surface area contributed by atoms with E-state index >= 15 is 0 Å². The molecule has 1 aromatic heterocycles. The molecule has 1 rings (SSSR count). The number of hydrogen-bond donors (Lipinski definition) is 0. The zero-order valence-electron chi connectivity index (χ0n) is 4.24. The highest BCUT2D eigenvalue weighted by Crippen LogP contribution is 2.16. The zero-order chi connectivity index (χ0) is 6.15. The van der Waals surface area contributed by atoms with E-state index in [2.05, 4.69) is 0 Å². The van der Waals surface area contributed by atoms with Gasteiger partial charge in [-0.05, 0) is 6.92 Å². The van der Waals surface area contributed by atoms with E-state index in [1.165, 1.54) is 6.92 Å². The van der Waals surface area contributed by atoms with Crippen LogP contribution in [0, 0.1) is 17.9 Å². The molecule has 0 aromatic carbocycles. The molecule has 0 aliphatic carbocycles. The van der Waals surface area contributed by atoms with Crippen LogP contribution in [0.2, 0.25) is 0 Å². The Balaban J connectivity index is 3.19. The van der Waals surface area contributed by atoms with Crippen LogP contribution in [0.1, 0.15) is 5.56 Å². The van der Waals surface area contributed by atoms with Gasteiger partial charge in [-0.25, -0.2) is 4.39 Å². The molecule has 0 N–H and O–H groups in total. The maximum Gasteiger partial charge on any atom is 0.182 e. The first-order valence-electron chi connectivity index (χ1n) is 2.11. The van der Waals surface area contributed by atoms with E-state index in [1.54, 1.807) is 0 Å². The quantitative estimate of drug-likeness (QED) is 0.511. The van der Waals surface area contributed by atoms with Crippen LogP contribution in [0.4, 0.5) is 8.78 Å². The third-order valence-corrected chi connectivity index (χ3v) is 1.76. The zero-order valence-corrected chi connectivity index (χ0v) is 5.06. The Morgan fingerprint density at radius 2 is 2.12 bits per heavy atom. The molecule has 3 heteroatoms. The maximum absolute atomic E-state index is 12.1. The highest BCUT2D eigenvalue weighted by atomic mass is 32.1. The number of halogens is 2. The maximum atomic E-state index is 12.1. The fraction of sp³-hybridized carbons (Fsp3) is 0.200. The van der Waals surface area contributed by atoms with Gasteiger partial charge in [-0.15, -0.1) is 11.3 Å². The lowest BCUT2D eigenvalue weighted by Crippen LogP contribution is -1.72. The molecule has 0 nitrogen and oxygen atoms in total. The van der Waals surface area contributed by atoms with Crippen molar-refractivity contribution in [2.75, 3.05) is 0 Å². The molecule has 1 aromatic rings. The van der Waals surface area contributed by atoms with Gasteiger partial charge in [-0.3, -0.25) is 0 Å². The third-order valence-electron chi connectivity index (χ3n) is 0.919. The van der Waals surface area contributed by atoms with E-state index < -0.39 is 10.9 Å². The highest BCUT2D eigenvalue weighted by molar-refractivity contribution is 7.08. The largest absolute Gasteiger partial charge is 0.206 e. The molecular formula is C5H4F2S. The Morgan fingerprint density at radius 3 is 2.25 bits per heavy atom. The van der Waals surface area contributed by atoms with Crippen molar-refractivity contribution in [3.63, 3.8) is 0 Å². The SMILES string of the molecule is Cc1c(F)csc1F. The summed E-state index contributed by atoms with van der Waals surface area (Å²) in [5.41, 5.74) is 0.120. The molecule has 8 heavy (non-hydrogen) atoms. The van der Waals surface area contributed by atoms with Crippen LogP contribution in [0.3, 0.4) is 0 Å². The summed E-state index contributed by atoms with van der Waals surface area (Å²) in [7, 11) is 0. The van der Waals surface area contributed by atoms with Gasteiger partial charge in [-0.2, -0.15) is 4.39 Å². The van der Waals surface area contributed by atoms with E-state index in [0.717, 1.165) is 16.7 Å². The van der Waals surface area contributed by atoms with Gasteiger partial charge in [0.15, 0.2) is 5.13 Å². The third kappa shape index (κ3) is 0.733. The lowest BCUT2D eigenvalue weighted by Gasteiger charge is -1.79. The summed E-state index contributed by atoms with van der Waals surface area (Å²) in [4.78, 5) is 0.